The van der Waals surface area contributed by atoms with Crippen molar-refractivity contribution >= 4 is 17.6 Å². The van der Waals surface area contributed by atoms with Crippen LogP contribution in [0.1, 0.15) is 29.3 Å². The monoisotopic (exact) mass is 281 g/mol. The minimum atomic E-state index is -0.751. The van der Waals surface area contributed by atoms with Crippen LogP contribution < -0.4 is 0 Å². The van der Waals surface area contributed by atoms with E-state index in [0.29, 0.717) is 5.56 Å². The average molecular weight is 281 g/mol. The number of hydrogen-bond acceptors (Lipinski definition) is 6. The number of rotatable bonds is 6. The Labute approximate surface area is 115 Å². The smallest absolute Gasteiger partial charge is 0.345 e. The number of methoxy groups -OCH3 is 1. The Bertz CT molecular complexity index is 526. The van der Waals surface area contributed by atoms with Gasteiger partial charge >= 0.3 is 11.9 Å². The van der Waals surface area contributed by atoms with Crippen LogP contribution in [0, 0.1) is 10.1 Å². The molecule has 20 heavy (non-hydrogen) atoms. The summed E-state index contributed by atoms with van der Waals surface area (Å²) in [7, 11) is 1.24. The molecule has 108 valence electrons. The van der Waals surface area contributed by atoms with Gasteiger partial charge in [0.25, 0.3) is 5.69 Å². The van der Waals surface area contributed by atoms with E-state index < -0.39 is 16.9 Å². The van der Waals surface area contributed by atoms with Gasteiger partial charge in [0, 0.05) is 12.0 Å². The minimum Gasteiger partial charge on any atom is -0.469 e. The number of esters is 2. The van der Waals surface area contributed by atoms with Crippen molar-refractivity contribution in [3.63, 3.8) is 0 Å². The molecule has 0 aliphatic carbocycles. The van der Waals surface area contributed by atoms with Crippen molar-refractivity contribution in [2.45, 2.75) is 19.8 Å². The molecule has 1 aromatic carbocycles. The van der Waals surface area contributed by atoms with Gasteiger partial charge in [-0.15, -0.1) is 0 Å². The number of benzene rings is 1. The van der Waals surface area contributed by atoms with Gasteiger partial charge < -0.3 is 9.47 Å². The van der Waals surface area contributed by atoms with E-state index in [-0.39, 0.29) is 30.7 Å². The third kappa shape index (κ3) is 3.78. The molecule has 0 radical (unpaired) electrons. The van der Waals surface area contributed by atoms with Gasteiger partial charge in [-0.25, -0.2) is 4.79 Å². The third-order valence-electron chi connectivity index (χ3n) is 2.62. The van der Waals surface area contributed by atoms with Crippen molar-refractivity contribution in [3.05, 3.63) is 39.4 Å². The number of carbonyl (C=O) groups excluding carboxylic acids is 2. The zero-order valence-electron chi connectivity index (χ0n) is 11.3. The molecule has 0 saturated carbocycles. The van der Waals surface area contributed by atoms with Crippen molar-refractivity contribution in [2.75, 3.05) is 13.7 Å². The maximum absolute atomic E-state index is 11.7. The molecule has 0 unspecified atom stereocenters. The molecule has 0 saturated heterocycles. The van der Waals surface area contributed by atoms with Gasteiger partial charge in [0.1, 0.15) is 5.56 Å². The second-order valence-corrected chi connectivity index (χ2v) is 3.87. The van der Waals surface area contributed by atoms with Gasteiger partial charge in [-0.2, -0.15) is 0 Å². The Balaban J connectivity index is 3.11. The van der Waals surface area contributed by atoms with E-state index in [2.05, 4.69) is 4.74 Å². The first-order valence-corrected chi connectivity index (χ1v) is 6.01. The molecular weight excluding hydrogens is 266 g/mol. The Morgan fingerprint density at radius 3 is 2.60 bits per heavy atom. The second kappa shape index (κ2) is 7.22. The van der Waals surface area contributed by atoms with Crippen molar-refractivity contribution in [3.8, 4) is 0 Å². The van der Waals surface area contributed by atoms with E-state index in [1.165, 1.54) is 25.3 Å². The lowest BCUT2D eigenvalue weighted by Crippen LogP contribution is -2.11. The van der Waals surface area contributed by atoms with E-state index >= 15 is 0 Å². The number of nitro benzene ring substituents is 1. The second-order valence-electron chi connectivity index (χ2n) is 3.87. The molecule has 0 fully saturated rings. The van der Waals surface area contributed by atoms with E-state index in [4.69, 9.17) is 4.74 Å². The maximum Gasteiger partial charge on any atom is 0.345 e. The summed E-state index contributed by atoms with van der Waals surface area (Å²) in [6.45, 7) is 1.74. The van der Waals surface area contributed by atoms with Crippen LogP contribution in [0.15, 0.2) is 18.2 Å². The maximum atomic E-state index is 11.7. The fraction of sp³-hybridized carbons (Fsp3) is 0.385. The van der Waals surface area contributed by atoms with E-state index in [1.807, 2.05) is 0 Å². The van der Waals surface area contributed by atoms with Crippen LogP contribution in [0.3, 0.4) is 0 Å². The van der Waals surface area contributed by atoms with E-state index in [9.17, 15) is 19.7 Å². The summed E-state index contributed by atoms with van der Waals surface area (Å²) in [5, 5.41) is 11.1. The fourth-order valence-electron chi connectivity index (χ4n) is 1.72. The van der Waals surface area contributed by atoms with Gasteiger partial charge in [0.05, 0.1) is 18.6 Å². The summed E-state index contributed by atoms with van der Waals surface area (Å²) in [6.07, 6.45) is 0.125. The zero-order chi connectivity index (χ0) is 15.1. The van der Waals surface area contributed by atoms with Gasteiger partial charge in [-0.3, -0.25) is 14.9 Å². The molecule has 0 spiro atoms. The highest BCUT2D eigenvalue weighted by Gasteiger charge is 2.25. The highest BCUT2D eigenvalue weighted by Crippen LogP contribution is 2.26. The lowest BCUT2D eigenvalue weighted by Gasteiger charge is -2.07. The number of hydrogen-bond donors (Lipinski definition) is 0. The van der Waals surface area contributed by atoms with Gasteiger partial charge in [-0.05, 0) is 19.4 Å². The van der Waals surface area contributed by atoms with E-state index in [0.717, 1.165) is 0 Å². The summed E-state index contributed by atoms with van der Waals surface area (Å²) in [5.74, 6) is -1.22. The summed E-state index contributed by atoms with van der Waals surface area (Å²) >= 11 is 0. The number of carbonyl (C=O) groups is 2. The number of ether oxygens (including phenoxy) is 2. The van der Waals surface area contributed by atoms with Crippen molar-refractivity contribution in [2.24, 2.45) is 0 Å². The minimum absolute atomic E-state index is 0.00359. The molecule has 0 atom stereocenters. The predicted octanol–water partition coefficient (Wildman–Crippen LogP) is 1.88. The normalized spacial score (nSPS) is 9.90. The average Bonchev–Trinajstić information content (AvgIpc) is 2.44. The Hall–Kier alpha value is -2.44. The van der Waals surface area contributed by atoms with Crippen LogP contribution in [-0.2, 0) is 20.7 Å². The first-order chi connectivity index (χ1) is 9.51. The molecule has 7 nitrogen and oxygen atoms in total. The lowest BCUT2D eigenvalue weighted by atomic mass is 10.0. The van der Waals surface area contributed by atoms with Crippen LogP contribution in [0.25, 0.3) is 0 Å². The number of nitrogens with zero attached hydrogens (tertiary/aromatic N) is 1. The highest BCUT2D eigenvalue weighted by atomic mass is 16.6. The van der Waals surface area contributed by atoms with Crippen LogP contribution in [-0.4, -0.2) is 30.6 Å². The van der Waals surface area contributed by atoms with Crippen LogP contribution in [0.2, 0.25) is 0 Å². The predicted molar refractivity (Wildman–Crippen MR) is 69.4 cm³/mol. The number of nitro groups is 1. The largest absolute Gasteiger partial charge is 0.469 e. The zero-order valence-corrected chi connectivity index (χ0v) is 11.3. The number of aryl methyl sites for hydroxylation is 1. The molecule has 0 aliphatic heterocycles. The standard InChI is InChI=1S/C13H15NO6/c1-3-20-13(16)10-6-4-5-9(12(10)14(17)18)7-8-11(15)19-2/h4-6H,3,7-8H2,1-2H3. The molecule has 0 amide bonds. The lowest BCUT2D eigenvalue weighted by molar-refractivity contribution is -0.385. The van der Waals surface area contributed by atoms with Crippen molar-refractivity contribution in [1.29, 1.82) is 0 Å². The Kier molecular flexibility index (Phi) is 5.64. The third-order valence-corrected chi connectivity index (χ3v) is 2.62. The molecule has 7 heteroatoms. The van der Waals surface area contributed by atoms with Gasteiger partial charge in [0.2, 0.25) is 0 Å². The van der Waals surface area contributed by atoms with Crippen molar-refractivity contribution in [1.82, 2.24) is 0 Å². The molecule has 1 aromatic rings. The van der Waals surface area contributed by atoms with E-state index in [1.54, 1.807) is 6.92 Å². The number of para-hydroxylation sites is 1. The first-order valence-electron chi connectivity index (χ1n) is 6.01. The SMILES string of the molecule is CCOC(=O)c1cccc(CCC(=O)OC)c1[N+](=O)[O-]. The fourth-order valence-corrected chi connectivity index (χ4v) is 1.72. The Morgan fingerprint density at radius 1 is 1.35 bits per heavy atom. The molecule has 1 rings (SSSR count). The highest BCUT2D eigenvalue weighted by molar-refractivity contribution is 5.94. The van der Waals surface area contributed by atoms with Gasteiger partial charge in [0.15, 0.2) is 0 Å². The summed E-state index contributed by atoms with van der Waals surface area (Å²) < 4.78 is 9.27. The Morgan fingerprint density at radius 2 is 2.05 bits per heavy atom. The summed E-state index contributed by atoms with van der Waals surface area (Å²) in [4.78, 5) is 33.3. The molecule has 0 N–H and O–H groups in total. The van der Waals surface area contributed by atoms with Crippen LogP contribution in [0.5, 0.6) is 0 Å². The molecule has 0 bridgehead atoms. The first kappa shape index (κ1) is 15.6. The molecule has 0 heterocycles. The van der Waals surface area contributed by atoms with Gasteiger partial charge in [-0.1, -0.05) is 12.1 Å². The quantitative estimate of drug-likeness (QED) is 0.448. The molecule has 0 aliphatic rings. The van der Waals surface area contributed by atoms with Crippen LogP contribution in [0.4, 0.5) is 5.69 Å². The summed E-state index contributed by atoms with van der Waals surface area (Å²) in [6, 6.07) is 4.35. The van der Waals surface area contributed by atoms with Crippen molar-refractivity contribution < 1.29 is 24.0 Å². The van der Waals surface area contributed by atoms with Crippen LogP contribution >= 0.6 is 0 Å². The topological polar surface area (TPSA) is 95.7 Å². The molecular formula is C13H15NO6. The summed E-state index contributed by atoms with van der Waals surface area (Å²) in [5.41, 5.74) is -0.139. The molecule has 0 aromatic heterocycles.